The molecule has 1 N–H and O–H groups in total. The van der Waals surface area contributed by atoms with E-state index in [1.165, 1.54) is 0 Å². The Morgan fingerprint density at radius 2 is 2.09 bits per heavy atom. The number of hydrogen-bond acceptors (Lipinski definition) is 3. The molecule has 118 valence electrons. The number of fused-ring (bicyclic) bond motifs is 2. The van der Waals surface area contributed by atoms with Crippen molar-refractivity contribution in [2.75, 3.05) is 13.1 Å². The number of amides is 1. The molecule has 2 heterocycles. The summed E-state index contributed by atoms with van der Waals surface area (Å²) in [6, 6.07) is 9.53. The third kappa shape index (κ3) is 2.03. The standard InChI is InChI=1S/C18H18N2O3/c21-16(15-14-6-2-1-4-12(14)7-9-19-15)20-10-13-5-3-8-18(13,11-20)17(22)23/h1-2,4,6-7,9,13H,3,5,8,10-11H2,(H,22,23)/t13-,18+/m0/s1. The smallest absolute Gasteiger partial charge is 0.311 e. The topological polar surface area (TPSA) is 70.5 Å². The number of carbonyl (C=O) groups excluding carboxylic acids is 1. The maximum atomic E-state index is 12.9. The number of hydrogen-bond donors (Lipinski definition) is 1. The number of carboxylic acid groups (broad SMARTS) is 1. The maximum absolute atomic E-state index is 12.9. The molecule has 1 aliphatic carbocycles. The molecular weight excluding hydrogens is 292 g/mol. The average molecular weight is 310 g/mol. The predicted molar refractivity (Wildman–Crippen MR) is 85.1 cm³/mol. The van der Waals surface area contributed by atoms with E-state index in [1.54, 1.807) is 11.1 Å². The zero-order chi connectivity index (χ0) is 16.0. The number of rotatable bonds is 2. The number of carboxylic acids is 1. The number of pyridine rings is 1. The Hall–Kier alpha value is -2.43. The molecular formula is C18H18N2O3. The zero-order valence-electron chi connectivity index (χ0n) is 12.7. The van der Waals surface area contributed by atoms with Crippen molar-refractivity contribution in [1.29, 1.82) is 0 Å². The largest absolute Gasteiger partial charge is 0.481 e. The van der Waals surface area contributed by atoms with Gasteiger partial charge in [0, 0.05) is 24.7 Å². The number of aromatic nitrogens is 1. The molecule has 5 nitrogen and oxygen atoms in total. The van der Waals surface area contributed by atoms with Crippen LogP contribution in [0.1, 0.15) is 29.8 Å². The van der Waals surface area contributed by atoms with Gasteiger partial charge in [-0.25, -0.2) is 0 Å². The lowest BCUT2D eigenvalue weighted by Crippen LogP contribution is -2.37. The summed E-state index contributed by atoms with van der Waals surface area (Å²) in [4.78, 5) is 30.7. The Labute approximate surface area is 133 Å². The highest BCUT2D eigenvalue weighted by Gasteiger charge is 2.56. The number of carbonyl (C=O) groups is 2. The SMILES string of the molecule is O=C(c1nccc2ccccc12)N1C[C@@H]2CCC[C@@]2(C(=O)O)C1. The van der Waals surface area contributed by atoms with E-state index in [-0.39, 0.29) is 11.8 Å². The first-order chi connectivity index (χ1) is 11.1. The van der Waals surface area contributed by atoms with Crippen molar-refractivity contribution < 1.29 is 14.7 Å². The average Bonchev–Trinajstić information content (AvgIpc) is 3.12. The second kappa shape index (κ2) is 5.05. The third-order valence-electron chi connectivity index (χ3n) is 5.46. The van der Waals surface area contributed by atoms with Crippen LogP contribution in [0.2, 0.25) is 0 Å². The summed E-state index contributed by atoms with van der Waals surface area (Å²) >= 11 is 0. The van der Waals surface area contributed by atoms with Crippen LogP contribution < -0.4 is 0 Å². The Bertz CT molecular complexity index is 798. The van der Waals surface area contributed by atoms with Crippen LogP contribution in [0.25, 0.3) is 10.8 Å². The van der Waals surface area contributed by atoms with Gasteiger partial charge in [-0.05, 0) is 30.2 Å². The Morgan fingerprint density at radius 1 is 1.26 bits per heavy atom. The molecule has 1 aliphatic heterocycles. The van der Waals surface area contributed by atoms with Crippen molar-refractivity contribution in [3.63, 3.8) is 0 Å². The molecule has 0 spiro atoms. The molecule has 0 unspecified atom stereocenters. The van der Waals surface area contributed by atoms with Gasteiger partial charge in [0.05, 0.1) is 5.41 Å². The van der Waals surface area contributed by atoms with E-state index in [9.17, 15) is 14.7 Å². The quantitative estimate of drug-likeness (QED) is 0.925. The van der Waals surface area contributed by atoms with Gasteiger partial charge in [0.15, 0.2) is 0 Å². The van der Waals surface area contributed by atoms with Gasteiger partial charge in [-0.2, -0.15) is 0 Å². The van der Waals surface area contributed by atoms with Crippen LogP contribution in [0.5, 0.6) is 0 Å². The minimum absolute atomic E-state index is 0.0685. The fourth-order valence-corrected chi connectivity index (χ4v) is 4.23. The minimum Gasteiger partial charge on any atom is -0.481 e. The first-order valence-corrected chi connectivity index (χ1v) is 7.98. The van der Waals surface area contributed by atoms with Gasteiger partial charge in [-0.15, -0.1) is 0 Å². The minimum atomic E-state index is -0.763. The summed E-state index contributed by atoms with van der Waals surface area (Å²) in [7, 11) is 0. The van der Waals surface area contributed by atoms with Crippen LogP contribution in [0.15, 0.2) is 36.5 Å². The van der Waals surface area contributed by atoms with E-state index in [0.29, 0.717) is 25.2 Å². The highest BCUT2D eigenvalue weighted by atomic mass is 16.4. The molecule has 5 heteroatoms. The van der Waals surface area contributed by atoms with Crippen molar-refractivity contribution in [1.82, 2.24) is 9.88 Å². The Balaban J connectivity index is 1.69. The van der Waals surface area contributed by atoms with Gasteiger partial charge in [0.25, 0.3) is 5.91 Å². The summed E-state index contributed by atoms with van der Waals surface area (Å²) in [6.45, 7) is 0.826. The molecule has 4 rings (SSSR count). The second-order valence-corrected chi connectivity index (χ2v) is 6.62. The van der Waals surface area contributed by atoms with Crippen molar-refractivity contribution in [2.45, 2.75) is 19.3 Å². The Morgan fingerprint density at radius 3 is 2.87 bits per heavy atom. The normalized spacial score (nSPS) is 26.4. The molecule has 23 heavy (non-hydrogen) atoms. The van der Waals surface area contributed by atoms with Gasteiger partial charge < -0.3 is 10.0 Å². The second-order valence-electron chi connectivity index (χ2n) is 6.62. The van der Waals surface area contributed by atoms with Gasteiger partial charge in [-0.1, -0.05) is 30.7 Å². The lowest BCUT2D eigenvalue weighted by molar-refractivity contribution is -0.149. The van der Waals surface area contributed by atoms with E-state index in [2.05, 4.69) is 4.98 Å². The van der Waals surface area contributed by atoms with Crippen LogP contribution in [-0.2, 0) is 4.79 Å². The van der Waals surface area contributed by atoms with Crippen LogP contribution in [0.3, 0.4) is 0 Å². The predicted octanol–water partition coefficient (Wildman–Crippen LogP) is 2.56. The van der Waals surface area contributed by atoms with E-state index >= 15 is 0 Å². The molecule has 2 aromatic rings. The van der Waals surface area contributed by atoms with Crippen molar-refractivity contribution in [3.05, 3.63) is 42.2 Å². The van der Waals surface area contributed by atoms with Crippen molar-refractivity contribution in [3.8, 4) is 0 Å². The molecule has 1 amide bonds. The van der Waals surface area contributed by atoms with Crippen LogP contribution in [-0.4, -0.2) is 40.0 Å². The molecule has 0 bridgehead atoms. The van der Waals surface area contributed by atoms with Crippen LogP contribution in [0, 0.1) is 11.3 Å². The lowest BCUT2D eigenvalue weighted by atomic mass is 9.81. The van der Waals surface area contributed by atoms with Gasteiger partial charge >= 0.3 is 5.97 Å². The van der Waals surface area contributed by atoms with E-state index in [1.807, 2.05) is 30.3 Å². The maximum Gasteiger partial charge on any atom is 0.311 e. The Kier molecular flexibility index (Phi) is 3.11. The summed E-state index contributed by atoms with van der Waals surface area (Å²) in [5.41, 5.74) is -0.330. The van der Waals surface area contributed by atoms with E-state index in [0.717, 1.165) is 23.6 Å². The molecule has 0 radical (unpaired) electrons. The lowest BCUT2D eigenvalue weighted by Gasteiger charge is -2.23. The molecule has 2 fully saturated rings. The third-order valence-corrected chi connectivity index (χ3v) is 5.46. The fourth-order valence-electron chi connectivity index (χ4n) is 4.23. The summed E-state index contributed by atoms with van der Waals surface area (Å²) in [6.07, 6.45) is 4.13. The first-order valence-electron chi connectivity index (χ1n) is 7.98. The van der Waals surface area contributed by atoms with Crippen LogP contribution >= 0.6 is 0 Å². The van der Waals surface area contributed by atoms with Gasteiger partial charge in [0.2, 0.25) is 0 Å². The van der Waals surface area contributed by atoms with E-state index in [4.69, 9.17) is 0 Å². The van der Waals surface area contributed by atoms with E-state index < -0.39 is 11.4 Å². The number of benzene rings is 1. The van der Waals surface area contributed by atoms with Gasteiger partial charge in [-0.3, -0.25) is 14.6 Å². The van der Waals surface area contributed by atoms with Crippen molar-refractivity contribution in [2.24, 2.45) is 11.3 Å². The summed E-state index contributed by atoms with van der Waals surface area (Å²) in [5.74, 6) is -0.850. The molecule has 1 aromatic heterocycles. The fraction of sp³-hybridized carbons (Fsp3) is 0.389. The molecule has 1 saturated carbocycles. The number of nitrogens with zero attached hydrogens (tertiary/aromatic N) is 2. The molecule has 2 atom stereocenters. The highest BCUT2D eigenvalue weighted by molar-refractivity contribution is 6.05. The zero-order valence-corrected chi connectivity index (χ0v) is 12.7. The first kappa shape index (κ1) is 14.2. The van der Waals surface area contributed by atoms with Gasteiger partial charge in [0.1, 0.15) is 5.69 Å². The highest BCUT2D eigenvalue weighted by Crippen LogP contribution is 2.49. The monoisotopic (exact) mass is 310 g/mol. The summed E-state index contributed by atoms with van der Waals surface area (Å²) in [5, 5.41) is 11.5. The number of likely N-dealkylation sites (tertiary alicyclic amines) is 1. The molecule has 1 saturated heterocycles. The number of aliphatic carboxylic acids is 1. The molecule has 1 aromatic carbocycles. The van der Waals surface area contributed by atoms with Crippen LogP contribution in [0.4, 0.5) is 0 Å². The molecule has 2 aliphatic rings. The summed E-state index contributed by atoms with van der Waals surface area (Å²) < 4.78 is 0. The van der Waals surface area contributed by atoms with Crippen molar-refractivity contribution >= 4 is 22.6 Å².